The first-order valence-electron chi connectivity index (χ1n) is 3.93. The summed E-state index contributed by atoms with van der Waals surface area (Å²) < 4.78 is 0. The quantitative estimate of drug-likeness (QED) is 0.505. The fourth-order valence-corrected chi connectivity index (χ4v) is 1.91. The molecule has 62 valence electrons. The molecular weight excluding hydrogens is 144 g/mol. The van der Waals surface area contributed by atoms with E-state index in [0.29, 0.717) is 6.42 Å². The van der Waals surface area contributed by atoms with Crippen LogP contribution in [0.1, 0.15) is 25.7 Å². The van der Waals surface area contributed by atoms with Gasteiger partial charge in [0.2, 0.25) is 5.91 Å². The summed E-state index contributed by atoms with van der Waals surface area (Å²) in [5.41, 5.74) is 7.84. The highest BCUT2D eigenvalue weighted by Gasteiger charge is 2.45. The molecule has 1 amide bonds. The van der Waals surface area contributed by atoms with Gasteiger partial charge in [-0.25, -0.2) is 5.48 Å². The van der Waals surface area contributed by atoms with Gasteiger partial charge in [-0.3, -0.25) is 9.63 Å². The maximum Gasteiger partial charge on any atom is 0.246 e. The Labute approximate surface area is 65.0 Å². The molecule has 11 heavy (non-hydrogen) atoms. The third-order valence-corrected chi connectivity index (χ3v) is 2.47. The normalized spacial score (nSPS) is 43.4. The summed E-state index contributed by atoms with van der Waals surface area (Å²) in [4.78, 5) is 16.0. The third-order valence-electron chi connectivity index (χ3n) is 2.47. The maximum absolute atomic E-state index is 10.8. The van der Waals surface area contributed by atoms with Crippen molar-refractivity contribution in [1.82, 2.24) is 5.48 Å². The van der Waals surface area contributed by atoms with E-state index >= 15 is 0 Å². The maximum atomic E-state index is 10.8. The first-order valence-corrected chi connectivity index (χ1v) is 3.93. The minimum absolute atomic E-state index is 0.0147. The number of nitrogens with one attached hydrogen (secondary N) is 1. The molecule has 4 heteroatoms. The summed E-state index contributed by atoms with van der Waals surface area (Å²) in [6.45, 7) is 0. The average molecular weight is 156 g/mol. The Morgan fingerprint density at radius 1 is 1.73 bits per heavy atom. The van der Waals surface area contributed by atoms with Crippen molar-refractivity contribution in [3.8, 4) is 0 Å². The molecule has 0 bridgehead atoms. The lowest BCUT2D eigenvalue weighted by atomic mass is 9.98. The van der Waals surface area contributed by atoms with Crippen LogP contribution in [0.15, 0.2) is 0 Å². The van der Waals surface area contributed by atoms with Crippen LogP contribution in [-0.4, -0.2) is 17.6 Å². The van der Waals surface area contributed by atoms with Gasteiger partial charge >= 0.3 is 0 Å². The molecule has 0 aromatic heterocycles. The average Bonchev–Trinajstić information content (AvgIpc) is 2.44. The van der Waals surface area contributed by atoms with Crippen LogP contribution in [0.2, 0.25) is 0 Å². The second-order valence-electron chi connectivity index (χ2n) is 3.49. The van der Waals surface area contributed by atoms with Gasteiger partial charge in [0, 0.05) is 6.04 Å². The van der Waals surface area contributed by atoms with Crippen molar-refractivity contribution in [2.75, 3.05) is 0 Å². The minimum atomic E-state index is -0.253. The highest BCUT2D eigenvalue weighted by molar-refractivity contribution is 5.77. The van der Waals surface area contributed by atoms with Crippen LogP contribution < -0.4 is 11.2 Å². The highest BCUT2D eigenvalue weighted by atomic mass is 16.7. The van der Waals surface area contributed by atoms with Gasteiger partial charge in [0.1, 0.15) is 5.60 Å². The molecule has 2 rings (SSSR count). The highest BCUT2D eigenvalue weighted by Crippen LogP contribution is 2.37. The van der Waals surface area contributed by atoms with Crippen LogP contribution in [0.3, 0.4) is 0 Å². The van der Waals surface area contributed by atoms with Crippen molar-refractivity contribution < 1.29 is 9.63 Å². The van der Waals surface area contributed by atoms with Gasteiger partial charge in [0.15, 0.2) is 0 Å². The molecule has 2 aliphatic rings. The Morgan fingerprint density at radius 2 is 2.55 bits per heavy atom. The SMILES string of the molecule is NC1CCC2(CC(=O)NO2)C1. The van der Waals surface area contributed by atoms with E-state index < -0.39 is 0 Å². The van der Waals surface area contributed by atoms with E-state index in [1.54, 1.807) is 0 Å². The third kappa shape index (κ3) is 1.12. The summed E-state index contributed by atoms with van der Waals surface area (Å²) in [5, 5.41) is 0. The first-order chi connectivity index (χ1) is 5.20. The predicted molar refractivity (Wildman–Crippen MR) is 38.4 cm³/mol. The molecule has 1 spiro atoms. The number of amides is 1. The molecule has 1 aliphatic carbocycles. The monoisotopic (exact) mass is 156 g/mol. The van der Waals surface area contributed by atoms with Crippen molar-refractivity contribution in [2.45, 2.75) is 37.3 Å². The van der Waals surface area contributed by atoms with E-state index in [2.05, 4.69) is 5.48 Å². The van der Waals surface area contributed by atoms with E-state index in [-0.39, 0.29) is 17.6 Å². The first kappa shape index (κ1) is 7.06. The topological polar surface area (TPSA) is 64.4 Å². The van der Waals surface area contributed by atoms with Gasteiger partial charge in [0.05, 0.1) is 6.42 Å². The van der Waals surface area contributed by atoms with E-state index in [1.165, 1.54) is 0 Å². The number of carbonyl (C=O) groups excluding carboxylic acids is 1. The van der Waals surface area contributed by atoms with E-state index in [9.17, 15) is 4.79 Å². The summed E-state index contributed by atoms with van der Waals surface area (Å²) in [5.74, 6) is -0.0147. The van der Waals surface area contributed by atoms with Gasteiger partial charge in [-0.1, -0.05) is 0 Å². The molecule has 1 aliphatic heterocycles. The lowest BCUT2D eigenvalue weighted by Gasteiger charge is -2.17. The number of hydrogen-bond acceptors (Lipinski definition) is 3. The summed E-state index contributed by atoms with van der Waals surface area (Å²) in [6.07, 6.45) is 3.17. The van der Waals surface area contributed by atoms with E-state index in [0.717, 1.165) is 19.3 Å². The van der Waals surface area contributed by atoms with Gasteiger partial charge in [-0.15, -0.1) is 0 Å². The Kier molecular flexibility index (Phi) is 1.40. The molecule has 2 atom stereocenters. The summed E-state index contributed by atoms with van der Waals surface area (Å²) >= 11 is 0. The second kappa shape index (κ2) is 2.19. The van der Waals surface area contributed by atoms with Gasteiger partial charge in [-0.2, -0.15) is 0 Å². The number of rotatable bonds is 0. The summed E-state index contributed by atoms with van der Waals surface area (Å²) in [6, 6.07) is 0.211. The molecule has 2 fully saturated rings. The fraction of sp³-hybridized carbons (Fsp3) is 0.857. The lowest BCUT2D eigenvalue weighted by Crippen LogP contribution is -2.28. The zero-order valence-electron chi connectivity index (χ0n) is 6.30. The minimum Gasteiger partial charge on any atom is -0.328 e. The van der Waals surface area contributed by atoms with Gasteiger partial charge in [-0.05, 0) is 19.3 Å². The van der Waals surface area contributed by atoms with E-state index in [1.807, 2.05) is 0 Å². The molecule has 3 N–H and O–H groups in total. The zero-order valence-corrected chi connectivity index (χ0v) is 6.30. The lowest BCUT2D eigenvalue weighted by molar-refractivity contribution is -0.126. The Hall–Kier alpha value is -0.610. The smallest absolute Gasteiger partial charge is 0.246 e. The molecule has 1 heterocycles. The molecular formula is C7H12N2O2. The molecule has 1 saturated heterocycles. The van der Waals surface area contributed by atoms with Crippen molar-refractivity contribution in [3.05, 3.63) is 0 Å². The number of carbonyl (C=O) groups is 1. The van der Waals surface area contributed by atoms with Crippen molar-refractivity contribution in [3.63, 3.8) is 0 Å². The van der Waals surface area contributed by atoms with Crippen LogP contribution in [0.4, 0.5) is 0 Å². The standard InChI is InChI=1S/C7H12N2O2/c8-5-1-2-7(3-5)4-6(10)9-11-7/h5H,1-4,8H2,(H,9,10). The number of hydrogen-bond donors (Lipinski definition) is 2. The van der Waals surface area contributed by atoms with Crippen LogP contribution in [0.5, 0.6) is 0 Å². The number of hydroxylamine groups is 1. The molecule has 1 saturated carbocycles. The van der Waals surface area contributed by atoms with Crippen molar-refractivity contribution in [2.24, 2.45) is 5.73 Å². The molecule has 0 radical (unpaired) electrons. The molecule has 2 unspecified atom stereocenters. The molecule has 0 aromatic carbocycles. The van der Waals surface area contributed by atoms with Crippen LogP contribution in [0.25, 0.3) is 0 Å². The van der Waals surface area contributed by atoms with E-state index in [4.69, 9.17) is 10.6 Å². The Balaban J connectivity index is 2.07. The number of nitrogens with two attached hydrogens (primary N) is 1. The Morgan fingerprint density at radius 3 is 3.00 bits per heavy atom. The zero-order chi connectivity index (χ0) is 7.90. The fourth-order valence-electron chi connectivity index (χ4n) is 1.91. The molecule has 0 aromatic rings. The van der Waals surface area contributed by atoms with Crippen molar-refractivity contribution >= 4 is 5.91 Å². The van der Waals surface area contributed by atoms with Crippen molar-refractivity contribution in [1.29, 1.82) is 0 Å². The Bertz CT molecular complexity index is 195. The largest absolute Gasteiger partial charge is 0.328 e. The summed E-state index contributed by atoms with van der Waals surface area (Å²) in [7, 11) is 0. The van der Waals surface area contributed by atoms with Crippen LogP contribution >= 0.6 is 0 Å². The van der Waals surface area contributed by atoms with Crippen LogP contribution in [0, 0.1) is 0 Å². The van der Waals surface area contributed by atoms with Gasteiger partial charge in [0.25, 0.3) is 0 Å². The van der Waals surface area contributed by atoms with Crippen LogP contribution in [-0.2, 0) is 9.63 Å². The molecule has 4 nitrogen and oxygen atoms in total. The van der Waals surface area contributed by atoms with Gasteiger partial charge < -0.3 is 5.73 Å². The predicted octanol–water partition coefficient (Wildman–Crippen LogP) is -0.312. The second-order valence-corrected chi connectivity index (χ2v) is 3.49.